The van der Waals surface area contributed by atoms with Crippen molar-refractivity contribution >= 4 is 17.2 Å². The summed E-state index contributed by atoms with van der Waals surface area (Å²) in [5.41, 5.74) is 3.48. The summed E-state index contributed by atoms with van der Waals surface area (Å²) in [6.07, 6.45) is 1.40. The maximum Gasteiger partial charge on any atom is 0.416 e. The second-order valence-corrected chi connectivity index (χ2v) is 8.35. The molecule has 7 heteroatoms. The highest BCUT2D eigenvalue weighted by molar-refractivity contribution is 6.00. The summed E-state index contributed by atoms with van der Waals surface area (Å²) in [5, 5.41) is 12.8. The Balaban J connectivity index is 1.58. The number of hydrogen-bond acceptors (Lipinski definition) is 2. The first-order valence-electron chi connectivity index (χ1n) is 11.1. The number of fused-ring (bicyclic) bond motifs is 1. The van der Waals surface area contributed by atoms with Crippen LogP contribution in [-0.4, -0.2) is 17.1 Å². The lowest BCUT2D eigenvalue weighted by Crippen LogP contribution is -2.21. The summed E-state index contributed by atoms with van der Waals surface area (Å²) < 4.78 is 52.3. The lowest BCUT2D eigenvalue weighted by Gasteiger charge is -2.23. The van der Waals surface area contributed by atoms with Gasteiger partial charge in [-0.2, -0.15) is 13.2 Å². The van der Waals surface area contributed by atoms with Gasteiger partial charge in [0.15, 0.2) is 0 Å². The molecule has 0 bridgehead atoms. The van der Waals surface area contributed by atoms with E-state index >= 15 is 0 Å². The van der Waals surface area contributed by atoms with Crippen LogP contribution in [0.4, 0.5) is 23.2 Å². The molecule has 0 spiro atoms. The highest BCUT2D eigenvalue weighted by Gasteiger charge is 2.30. The molecule has 180 valence electrons. The summed E-state index contributed by atoms with van der Waals surface area (Å²) in [4.78, 5) is 12.6. The first-order chi connectivity index (χ1) is 16.7. The summed E-state index contributed by atoms with van der Waals surface area (Å²) in [7, 11) is 0. The maximum absolute atomic E-state index is 13.4. The van der Waals surface area contributed by atoms with E-state index in [9.17, 15) is 27.5 Å². The van der Waals surface area contributed by atoms with Gasteiger partial charge in [-0.05, 0) is 71.0 Å². The minimum Gasteiger partial charge on any atom is -0.393 e. The Bertz CT molecular complexity index is 1260. The molecule has 1 amide bonds. The van der Waals surface area contributed by atoms with Crippen LogP contribution in [0, 0.1) is 5.82 Å². The van der Waals surface area contributed by atoms with Gasteiger partial charge >= 0.3 is 6.18 Å². The first-order valence-corrected chi connectivity index (χ1v) is 11.1. The first kappa shape index (κ1) is 24.4. The van der Waals surface area contributed by atoms with E-state index in [0.717, 1.165) is 29.7 Å². The molecule has 0 radical (unpaired) electrons. The van der Waals surface area contributed by atoms with Gasteiger partial charge < -0.3 is 10.4 Å². The lowest BCUT2D eigenvalue weighted by atomic mass is 9.88. The molecule has 4 rings (SSSR count). The number of benzene rings is 3. The van der Waals surface area contributed by atoms with Crippen molar-refractivity contribution in [3.8, 4) is 0 Å². The topological polar surface area (TPSA) is 49.3 Å². The zero-order chi connectivity index (χ0) is 25.0. The summed E-state index contributed by atoms with van der Waals surface area (Å²) in [6, 6.07) is 15.8. The number of allylic oxidation sites excluding steroid dienone is 2. The van der Waals surface area contributed by atoms with E-state index in [4.69, 9.17) is 0 Å². The SMILES string of the molecule is O=C(/C=C/C=C(/c1ccc(F)cc1)c1ccc(C(F)(F)F)cc1)Nc1cccc2c1CC(O)CC2. The van der Waals surface area contributed by atoms with E-state index in [1.807, 2.05) is 12.1 Å². The van der Waals surface area contributed by atoms with Crippen LogP contribution in [0.3, 0.4) is 0 Å². The van der Waals surface area contributed by atoms with Gasteiger partial charge in [0.05, 0.1) is 11.7 Å². The average Bonchev–Trinajstić information content (AvgIpc) is 2.83. The number of carbonyl (C=O) groups excluding carboxylic acids is 1. The summed E-state index contributed by atoms with van der Waals surface area (Å²) in [6.45, 7) is 0. The third-order valence-corrected chi connectivity index (χ3v) is 5.91. The van der Waals surface area contributed by atoms with E-state index in [1.165, 1.54) is 48.6 Å². The van der Waals surface area contributed by atoms with Crippen LogP contribution < -0.4 is 5.32 Å². The predicted molar refractivity (Wildman–Crippen MR) is 127 cm³/mol. The molecular formula is C28H23F4NO2. The quantitative estimate of drug-likeness (QED) is 0.255. The van der Waals surface area contributed by atoms with Crippen molar-refractivity contribution in [1.29, 1.82) is 0 Å². The normalized spacial score (nSPS) is 16.3. The number of carbonyl (C=O) groups is 1. The van der Waals surface area contributed by atoms with E-state index in [-0.39, 0.29) is 5.91 Å². The van der Waals surface area contributed by atoms with E-state index in [1.54, 1.807) is 12.1 Å². The Morgan fingerprint density at radius 3 is 2.29 bits per heavy atom. The van der Waals surface area contributed by atoms with Gasteiger partial charge in [0.25, 0.3) is 0 Å². The zero-order valence-corrected chi connectivity index (χ0v) is 18.6. The number of amides is 1. The van der Waals surface area contributed by atoms with Gasteiger partial charge in [0.2, 0.25) is 5.91 Å². The molecule has 0 fully saturated rings. The standard InChI is InChI=1S/C28H23F4NO2/c29-22-14-9-20(10-15-22)24(19-7-12-21(13-8-19)28(30,31)32)4-2-6-27(35)33-26-5-1-3-18-11-16-23(34)17-25(18)26/h1-10,12-15,23,34H,11,16-17H2,(H,33,35)/b6-2+,24-4+. The largest absolute Gasteiger partial charge is 0.416 e. The molecule has 1 atom stereocenters. The second kappa shape index (κ2) is 10.3. The molecule has 3 aromatic rings. The van der Waals surface area contributed by atoms with Gasteiger partial charge in [-0.1, -0.05) is 48.6 Å². The molecule has 0 saturated heterocycles. The summed E-state index contributed by atoms with van der Waals surface area (Å²) in [5.74, 6) is -0.827. The number of hydrogen-bond donors (Lipinski definition) is 2. The number of halogens is 4. The Kier molecular flexibility index (Phi) is 7.17. The highest BCUT2D eigenvalue weighted by Crippen LogP contribution is 2.32. The van der Waals surface area contributed by atoms with Gasteiger partial charge in [-0.3, -0.25) is 4.79 Å². The number of rotatable bonds is 5. The minimum atomic E-state index is -4.46. The van der Waals surface area contributed by atoms with E-state index < -0.39 is 23.7 Å². The number of nitrogens with one attached hydrogen (secondary N) is 1. The van der Waals surface area contributed by atoms with Crippen LogP contribution in [0.2, 0.25) is 0 Å². The molecule has 1 aliphatic rings. The molecule has 0 saturated carbocycles. The smallest absolute Gasteiger partial charge is 0.393 e. The van der Waals surface area contributed by atoms with Gasteiger partial charge in [-0.15, -0.1) is 0 Å². The van der Waals surface area contributed by atoms with E-state index in [0.29, 0.717) is 35.2 Å². The molecule has 1 unspecified atom stereocenters. The van der Waals surface area contributed by atoms with Crippen molar-refractivity contribution < 1.29 is 27.5 Å². The molecular weight excluding hydrogens is 458 g/mol. The Morgan fingerprint density at radius 2 is 1.63 bits per heavy atom. The second-order valence-electron chi connectivity index (χ2n) is 8.35. The zero-order valence-electron chi connectivity index (χ0n) is 18.6. The lowest BCUT2D eigenvalue weighted by molar-refractivity contribution is -0.137. The molecule has 3 aromatic carbocycles. The van der Waals surface area contributed by atoms with Gasteiger partial charge in [0, 0.05) is 18.2 Å². The third kappa shape index (κ3) is 6.05. The Hall–Kier alpha value is -3.71. The predicted octanol–water partition coefficient (Wildman–Crippen LogP) is 6.32. The fraction of sp³-hybridized carbons (Fsp3) is 0.179. The molecule has 2 N–H and O–H groups in total. The Labute approximate surface area is 200 Å². The molecule has 0 aromatic heterocycles. The van der Waals surface area contributed by atoms with Crippen molar-refractivity contribution in [3.63, 3.8) is 0 Å². The average molecular weight is 481 g/mol. The third-order valence-electron chi connectivity index (χ3n) is 5.91. The van der Waals surface area contributed by atoms with Crippen LogP contribution in [0.15, 0.2) is 85.0 Å². The van der Waals surface area contributed by atoms with Crippen LogP contribution in [0.1, 0.15) is 34.2 Å². The van der Waals surface area contributed by atoms with Crippen molar-refractivity contribution in [1.82, 2.24) is 0 Å². The van der Waals surface area contributed by atoms with Gasteiger partial charge in [0.1, 0.15) is 5.82 Å². The van der Waals surface area contributed by atoms with Crippen molar-refractivity contribution in [3.05, 3.63) is 119 Å². The number of alkyl halides is 3. The summed E-state index contributed by atoms with van der Waals surface area (Å²) >= 11 is 0. The number of aryl methyl sites for hydroxylation is 1. The van der Waals surface area contributed by atoms with Crippen molar-refractivity contribution in [2.45, 2.75) is 31.5 Å². The Morgan fingerprint density at radius 1 is 0.971 bits per heavy atom. The minimum absolute atomic E-state index is 0.388. The monoisotopic (exact) mass is 481 g/mol. The van der Waals surface area contributed by atoms with E-state index in [2.05, 4.69) is 5.32 Å². The van der Waals surface area contributed by atoms with Crippen LogP contribution in [-0.2, 0) is 23.8 Å². The maximum atomic E-state index is 13.4. The van der Waals surface area contributed by atoms with Crippen LogP contribution >= 0.6 is 0 Å². The molecule has 0 heterocycles. The molecule has 1 aliphatic carbocycles. The molecule has 35 heavy (non-hydrogen) atoms. The molecule has 0 aliphatic heterocycles. The van der Waals surface area contributed by atoms with Gasteiger partial charge in [-0.25, -0.2) is 4.39 Å². The number of aliphatic hydroxyl groups excluding tert-OH is 1. The highest BCUT2D eigenvalue weighted by atomic mass is 19.4. The van der Waals surface area contributed by atoms with Crippen LogP contribution in [0.5, 0.6) is 0 Å². The number of aliphatic hydroxyl groups is 1. The number of anilines is 1. The van der Waals surface area contributed by atoms with Crippen molar-refractivity contribution in [2.24, 2.45) is 0 Å². The van der Waals surface area contributed by atoms with Crippen molar-refractivity contribution in [2.75, 3.05) is 5.32 Å². The fourth-order valence-electron chi connectivity index (χ4n) is 4.12. The van der Waals surface area contributed by atoms with Crippen LogP contribution in [0.25, 0.3) is 5.57 Å². The fourth-order valence-corrected chi connectivity index (χ4v) is 4.12. The molecule has 3 nitrogen and oxygen atoms in total.